The molecule has 0 spiro atoms. The van der Waals surface area contributed by atoms with E-state index in [1.165, 1.54) is 0 Å². The van der Waals surface area contributed by atoms with Gasteiger partial charge in [-0.1, -0.05) is 0 Å². The molecule has 0 aromatic carbocycles. The number of hydrogen-bond donors (Lipinski definition) is 2. The predicted octanol–water partition coefficient (Wildman–Crippen LogP) is 1.97. The van der Waals surface area contributed by atoms with Gasteiger partial charge in [-0.2, -0.15) is 0 Å². The quantitative estimate of drug-likeness (QED) is 0.800. The van der Waals surface area contributed by atoms with Gasteiger partial charge in [-0.15, -0.1) is 0 Å². The van der Waals surface area contributed by atoms with E-state index < -0.39 is 0 Å². The third kappa shape index (κ3) is 4.81. The summed E-state index contributed by atoms with van der Waals surface area (Å²) >= 11 is 0. The number of rotatable bonds is 7. The van der Waals surface area contributed by atoms with Crippen LogP contribution in [0.2, 0.25) is 0 Å². The minimum absolute atomic E-state index is 0.130. The molecule has 5 heteroatoms. The maximum absolute atomic E-state index is 12.0. The highest BCUT2D eigenvalue weighted by molar-refractivity contribution is 5.93. The van der Waals surface area contributed by atoms with Crippen LogP contribution in [-0.2, 0) is 0 Å². The first-order valence-electron chi connectivity index (χ1n) is 7.13. The van der Waals surface area contributed by atoms with Crippen LogP contribution in [0.15, 0.2) is 18.3 Å². The second kappa shape index (κ2) is 7.85. The summed E-state index contributed by atoms with van der Waals surface area (Å²) in [5.41, 5.74) is 1.33. The van der Waals surface area contributed by atoms with Gasteiger partial charge in [-0.05, 0) is 39.8 Å². The van der Waals surface area contributed by atoms with Gasteiger partial charge in [0.05, 0.1) is 0 Å². The summed E-state index contributed by atoms with van der Waals surface area (Å²) in [7, 11) is 1.82. The Morgan fingerprint density at radius 2 is 1.95 bits per heavy atom. The minimum Gasteiger partial charge on any atom is -0.388 e. The summed E-state index contributed by atoms with van der Waals surface area (Å²) in [5.74, 6) is -0.130. The van der Waals surface area contributed by atoms with Crippen LogP contribution in [0.3, 0.4) is 0 Å². The summed E-state index contributed by atoms with van der Waals surface area (Å²) in [6.45, 7) is 10.1. The van der Waals surface area contributed by atoms with E-state index in [9.17, 15) is 4.79 Å². The van der Waals surface area contributed by atoms with E-state index in [-0.39, 0.29) is 5.91 Å². The third-order valence-corrected chi connectivity index (χ3v) is 3.26. The fourth-order valence-corrected chi connectivity index (χ4v) is 2.21. The molecule has 0 aliphatic rings. The van der Waals surface area contributed by atoms with Gasteiger partial charge >= 0.3 is 0 Å². The van der Waals surface area contributed by atoms with Crippen molar-refractivity contribution in [3.05, 3.63) is 24.0 Å². The number of carbonyl (C=O) groups excluding carboxylic acids is 1. The Balaban J connectivity index is 2.50. The first-order valence-corrected chi connectivity index (χ1v) is 7.13. The van der Waals surface area contributed by atoms with E-state index in [1.54, 1.807) is 12.3 Å². The Labute approximate surface area is 121 Å². The van der Waals surface area contributed by atoms with Gasteiger partial charge in [0.25, 0.3) is 5.91 Å². The van der Waals surface area contributed by atoms with Crippen molar-refractivity contribution in [2.75, 3.05) is 25.5 Å². The van der Waals surface area contributed by atoms with Crippen LogP contribution in [0.5, 0.6) is 0 Å². The molecule has 0 saturated carbocycles. The van der Waals surface area contributed by atoms with Crippen LogP contribution in [0.1, 0.15) is 38.2 Å². The van der Waals surface area contributed by atoms with Gasteiger partial charge in [0, 0.05) is 44.1 Å². The van der Waals surface area contributed by atoms with Crippen molar-refractivity contribution in [2.45, 2.75) is 39.8 Å². The van der Waals surface area contributed by atoms with Crippen molar-refractivity contribution >= 4 is 11.6 Å². The zero-order valence-electron chi connectivity index (χ0n) is 13.1. The molecule has 20 heavy (non-hydrogen) atoms. The molecule has 2 N–H and O–H groups in total. The molecule has 5 nitrogen and oxygen atoms in total. The molecule has 112 valence electrons. The highest BCUT2D eigenvalue weighted by Gasteiger charge is 2.13. The molecule has 0 aliphatic carbocycles. The van der Waals surface area contributed by atoms with Crippen molar-refractivity contribution in [3.8, 4) is 0 Å². The molecule has 0 radical (unpaired) electrons. The lowest BCUT2D eigenvalue weighted by Crippen LogP contribution is -2.42. The molecule has 0 unspecified atom stereocenters. The molecule has 1 rings (SSSR count). The third-order valence-electron chi connectivity index (χ3n) is 3.26. The van der Waals surface area contributed by atoms with E-state index in [1.807, 2.05) is 13.1 Å². The van der Waals surface area contributed by atoms with E-state index in [4.69, 9.17) is 0 Å². The Bertz CT molecular complexity index is 424. The Morgan fingerprint density at radius 3 is 2.50 bits per heavy atom. The summed E-state index contributed by atoms with van der Waals surface area (Å²) < 4.78 is 0. The number of anilines is 1. The zero-order valence-corrected chi connectivity index (χ0v) is 13.1. The van der Waals surface area contributed by atoms with Crippen LogP contribution in [-0.4, -0.2) is 48.0 Å². The molecule has 1 aromatic heterocycles. The number of carbonyl (C=O) groups is 1. The van der Waals surface area contributed by atoms with Gasteiger partial charge in [-0.25, -0.2) is 0 Å². The Morgan fingerprint density at radius 1 is 1.30 bits per heavy atom. The van der Waals surface area contributed by atoms with Gasteiger partial charge < -0.3 is 10.6 Å². The number of aromatic nitrogens is 1. The second-order valence-electron chi connectivity index (χ2n) is 5.36. The largest absolute Gasteiger partial charge is 0.388 e. The fourth-order valence-electron chi connectivity index (χ4n) is 2.21. The monoisotopic (exact) mass is 278 g/mol. The van der Waals surface area contributed by atoms with E-state index in [2.05, 4.69) is 48.2 Å². The normalized spacial score (nSPS) is 11.2. The number of nitrogens with zero attached hydrogens (tertiary/aromatic N) is 2. The van der Waals surface area contributed by atoms with Crippen molar-refractivity contribution in [1.29, 1.82) is 0 Å². The maximum atomic E-state index is 12.0. The molecule has 1 heterocycles. The van der Waals surface area contributed by atoms with Crippen LogP contribution >= 0.6 is 0 Å². The highest BCUT2D eigenvalue weighted by atomic mass is 16.1. The van der Waals surface area contributed by atoms with E-state index in [0.717, 1.165) is 12.2 Å². The lowest BCUT2D eigenvalue weighted by atomic mass is 10.2. The average Bonchev–Trinajstić information content (AvgIpc) is 2.42. The number of nitrogens with one attached hydrogen (secondary N) is 2. The zero-order chi connectivity index (χ0) is 15.1. The van der Waals surface area contributed by atoms with Crippen LogP contribution < -0.4 is 10.6 Å². The predicted molar refractivity (Wildman–Crippen MR) is 83.1 cm³/mol. The molecular formula is C15H26N4O. The van der Waals surface area contributed by atoms with Crippen molar-refractivity contribution in [3.63, 3.8) is 0 Å². The maximum Gasteiger partial charge on any atom is 0.269 e. The standard InChI is InChI=1S/C15H26N4O/c1-11(2)19(12(3)4)9-8-18-15(20)14-10-13(16-5)6-7-17-14/h6-7,10-12H,8-9H2,1-5H3,(H,16,17)(H,18,20). The topological polar surface area (TPSA) is 57.3 Å². The smallest absolute Gasteiger partial charge is 0.269 e. The van der Waals surface area contributed by atoms with E-state index >= 15 is 0 Å². The molecule has 0 atom stereocenters. The first-order chi connectivity index (χ1) is 9.45. The lowest BCUT2D eigenvalue weighted by Gasteiger charge is -2.30. The molecular weight excluding hydrogens is 252 g/mol. The number of amides is 1. The summed E-state index contributed by atoms with van der Waals surface area (Å²) in [6.07, 6.45) is 1.63. The van der Waals surface area contributed by atoms with Gasteiger partial charge in [-0.3, -0.25) is 14.7 Å². The minimum atomic E-state index is -0.130. The average molecular weight is 278 g/mol. The molecule has 0 fully saturated rings. The first kappa shape index (κ1) is 16.4. The van der Waals surface area contributed by atoms with Crippen molar-refractivity contribution in [2.24, 2.45) is 0 Å². The van der Waals surface area contributed by atoms with Crippen molar-refractivity contribution in [1.82, 2.24) is 15.2 Å². The van der Waals surface area contributed by atoms with Crippen molar-refractivity contribution < 1.29 is 4.79 Å². The summed E-state index contributed by atoms with van der Waals surface area (Å²) in [5, 5.41) is 5.92. The van der Waals surface area contributed by atoms with Crippen LogP contribution in [0, 0.1) is 0 Å². The van der Waals surface area contributed by atoms with Gasteiger partial charge in [0.15, 0.2) is 0 Å². The van der Waals surface area contributed by atoms with Crippen LogP contribution in [0.4, 0.5) is 5.69 Å². The number of hydrogen-bond acceptors (Lipinski definition) is 4. The molecule has 1 aromatic rings. The van der Waals surface area contributed by atoms with Gasteiger partial charge in [0.1, 0.15) is 5.69 Å². The fraction of sp³-hybridized carbons (Fsp3) is 0.600. The molecule has 0 bridgehead atoms. The summed E-state index contributed by atoms with van der Waals surface area (Å²) in [4.78, 5) is 18.4. The Kier molecular flexibility index (Phi) is 6.45. The number of pyridine rings is 1. The molecule has 1 amide bonds. The van der Waals surface area contributed by atoms with Gasteiger partial charge in [0.2, 0.25) is 0 Å². The van der Waals surface area contributed by atoms with Crippen LogP contribution in [0.25, 0.3) is 0 Å². The lowest BCUT2D eigenvalue weighted by molar-refractivity contribution is 0.0934. The van der Waals surface area contributed by atoms with E-state index in [0.29, 0.717) is 24.3 Å². The Hall–Kier alpha value is -1.62. The highest BCUT2D eigenvalue weighted by Crippen LogP contribution is 2.07. The molecule has 0 aliphatic heterocycles. The SMILES string of the molecule is CNc1ccnc(C(=O)NCCN(C(C)C)C(C)C)c1. The second-order valence-corrected chi connectivity index (χ2v) is 5.36. The molecule has 0 saturated heterocycles. The summed E-state index contributed by atoms with van der Waals surface area (Å²) in [6, 6.07) is 4.52.